The van der Waals surface area contributed by atoms with Crippen molar-refractivity contribution in [3.63, 3.8) is 0 Å². The molecule has 1 saturated heterocycles. The van der Waals surface area contributed by atoms with E-state index in [1.165, 1.54) is 0 Å². The molecule has 3 rings (SSSR count). The number of carbonyl (C=O) groups excluding carboxylic acids is 1. The van der Waals surface area contributed by atoms with E-state index in [1.807, 2.05) is 13.0 Å². The number of carbonyl (C=O) groups is 2. The van der Waals surface area contributed by atoms with Crippen molar-refractivity contribution in [2.45, 2.75) is 26.2 Å². The lowest BCUT2D eigenvalue weighted by Crippen LogP contribution is -2.38. The first-order valence-corrected chi connectivity index (χ1v) is 8.46. The number of ether oxygens (including phenoxy) is 1. The Balaban J connectivity index is 1.77. The monoisotopic (exact) mass is 343 g/mol. The number of aliphatic carboxylic acids is 1. The van der Waals surface area contributed by atoms with Crippen molar-refractivity contribution >= 4 is 17.7 Å². The normalized spacial score (nSPS) is 24.5. The summed E-state index contributed by atoms with van der Waals surface area (Å²) in [6.07, 6.45) is 2.35. The minimum absolute atomic E-state index is 0.00700. The number of rotatable bonds is 4. The SMILES string of the molecule is CCOc1ccc(C#N)cc1NC(=O)N1C[C@@H]2CCC[C@@]2(C(=O)O)C1. The maximum Gasteiger partial charge on any atom is 0.321 e. The standard InChI is InChI=1S/C18H21N3O4/c1-2-25-15-6-5-12(9-19)8-14(15)20-17(24)21-10-13-4-3-7-18(13,11-21)16(22)23/h5-6,8,13H,2-4,7,10-11H2,1H3,(H,20,24)(H,22,23)/t13-,18+/m0/s1. The van der Waals surface area contributed by atoms with Gasteiger partial charge < -0.3 is 20.1 Å². The number of anilines is 1. The van der Waals surface area contributed by atoms with Crippen molar-refractivity contribution < 1.29 is 19.4 Å². The van der Waals surface area contributed by atoms with Gasteiger partial charge in [0.2, 0.25) is 0 Å². The molecule has 0 bridgehead atoms. The summed E-state index contributed by atoms with van der Waals surface area (Å²) in [5.74, 6) is -0.318. The molecule has 2 N–H and O–H groups in total. The van der Waals surface area contributed by atoms with Crippen LogP contribution in [-0.4, -0.2) is 41.7 Å². The molecule has 0 unspecified atom stereocenters. The van der Waals surface area contributed by atoms with Crippen LogP contribution in [0.15, 0.2) is 18.2 Å². The van der Waals surface area contributed by atoms with Crippen LogP contribution in [0.1, 0.15) is 31.7 Å². The number of nitriles is 1. The van der Waals surface area contributed by atoms with Crippen LogP contribution in [0.2, 0.25) is 0 Å². The Labute approximate surface area is 146 Å². The molecule has 1 aromatic rings. The quantitative estimate of drug-likeness (QED) is 0.875. The molecule has 0 aromatic heterocycles. The van der Waals surface area contributed by atoms with Crippen molar-refractivity contribution in [2.24, 2.45) is 11.3 Å². The molecular weight excluding hydrogens is 322 g/mol. The number of amides is 2. The van der Waals surface area contributed by atoms with Crippen molar-refractivity contribution in [1.82, 2.24) is 4.90 Å². The second kappa shape index (κ2) is 6.63. The number of likely N-dealkylation sites (tertiary alicyclic amines) is 1. The fourth-order valence-corrected chi connectivity index (χ4v) is 3.97. The average Bonchev–Trinajstić information content (AvgIpc) is 3.15. The summed E-state index contributed by atoms with van der Waals surface area (Å²) in [7, 11) is 0. The topological polar surface area (TPSA) is 103 Å². The van der Waals surface area contributed by atoms with Crippen LogP contribution in [-0.2, 0) is 4.79 Å². The molecule has 1 heterocycles. The zero-order valence-corrected chi connectivity index (χ0v) is 14.1. The Morgan fingerprint density at radius 2 is 2.32 bits per heavy atom. The van der Waals surface area contributed by atoms with Gasteiger partial charge in [-0.25, -0.2) is 4.79 Å². The summed E-state index contributed by atoms with van der Waals surface area (Å²) in [5.41, 5.74) is 0.0283. The van der Waals surface area contributed by atoms with Crippen LogP contribution in [0.5, 0.6) is 5.75 Å². The largest absolute Gasteiger partial charge is 0.492 e. The zero-order chi connectivity index (χ0) is 18.0. The van der Waals surface area contributed by atoms with Crippen LogP contribution in [0.3, 0.4) is 0 Å². The lowest BCUT2D eigenvalue weighted by molar-refractivity contribution is -0.149. The van der Waals surface area contributed by atoms with Crippen LogP contribution in [0.4, 0.5) is 10.5 Å². The number of nitrogens with zero attached hydrogens (tertiary/aromatic N) is 2. The molecule has 1 aliphatic carbocycles. The van der Waals surface area contributed by atoms with Crippen LogP contribution < -0.4 is 10.1 Å². The van der Waals surface area contributed by atoms with Crippen molar-refractivity contribution in [3.05, 3.63) is 23.8 Å². The Morgan fingerprint density at radius 1 is 1.52 bits per heavy atom. The molecule has 2 atom stereocenters. The van der Waals surface area contributed by atoms with E-state index in [-0.39, 0.29) is 18.5 Å². The highest BCUT2D eigenvalue weighted by atomic mass is 16.5. The number of hydrogen-bond donors (Lipinski definition) is 2. The second-order valence-electron chi connectivity index (χ2n) is 6.62. The van der Waals surface area contributed by atoms with Crippen LogP contribution in [0.25, 0.3) is 0 Å². The Bertz CT molecular complexity index is 742. The highest BCUT2D eigenvalue weighted by molar-refractivity contribution is 5.92. The summed E-state index contributed by atoms with van der Waals surface area (Å²) in [6, 6.07) is 6.51. The molecular formula is C18H21N3O4. The van der Waals surface area contributed by atoms with Gasteiger partial charge in [-0.1, -0.05) is 6.42 Å². The van der Waals surface area contributed by atoms with E-state index in [0.717, 1.165) is 12.8 Å². The van der Waals surface area contributed by atoms with Gasteiger partial charge in [-0.05, 0) is 43.9 Å². The number of carboxylic acids is 1. The molecule has 1 aromatic carbocycles. The van der Waals surface area contributed by atoms with Gasteiger partial charge >= 0.3 is 12.0 Å². The highest BCUT2D eigenvalue weighted by Gasteiger charge is 2.55. The molecule has 1 saturated carbocycles. The van der Waals surface area contributed by atoms with E-state index < -0.39 is 11.4 Å². The molecule has 0 radical (unpaired) electrons. The van der Waals surface area contributed by atoms with Gasteiger partial charge in [0.1, 0.15) is 5.75 Å². The predicted molar refractivity (Wildman–Crippen MR) is 90.3 cm³/mol. The van der Waals surface area contributed by atoms with Gasteiger partial charge in [-0.3, -0.25) is 4.79 Å². The van der Waals surface area contributed by atoms with Gasteiger partial charge in [0.25, 0.3) is 0 Å². The first kappa shape index (κ1) is 17.1. The lowest BCUT2D eigenvalue weighted by Gasteiger charge is -2.23. The lowest BCUT2D eigenvalue weighted by atomic mass is 9.81. The van der Waals surface area contributed by atoms with E-state index in [2.05, 4.69) is 5.32 Å². The van der Waals surface area contributed by atoms with Gasteiger partial charge in [0.05, 0.1) is 29.3 Å². The van der Waals surface area contributed by atoms with E-state index in [1.54, 1.807) is 23.1 Å². The summed E-state index contributed by atoms with van der Waals surface area (Å²) in [5, 5.41) is 21.5. The second-order valence-corrected chi connectivity index (χ2v) is 6.62. The first-order valence-electron chi connectivity index (χ1n) is 8.46. The summed E-state index contributed by atoms with van der Waals surface area (Å²) < 4.78 is 5.50. The Kier molecular flexibility index (Phi) is 4.53. The highest BCUT2D eigenvalue weighted by Crippen LogP contribution is 2.49. The Morgan fingerprint density at radius 3 is 2.96 bits per heavy atom. The number of nitrogens with one attached hydrogen (secondary N) is 1. The van der Waals surface area contributed by atoms with Crippen molar-refractivity contribution in [1.29, 1.82) is 5.26 Å². The molecule has 7 heteroatoms. The van der Waals surface area contributed by atoms with Gasteiger partial charge in [-0.15, -0.1) is 0 Å². The van der Waals surface area contributed by atoms with Gasteiger partial charge in [0, 0.05) is 13.1 Å². The molecule has 2 fully saturated rings. The van der Waals surface area contributed by atoms with Crippen molar-refractivity contribution in [3.8, 4) is 11.8 Å². The summed E-state index contributed by atoms with van der Waals surface area (Å²) in [6.45, 7) is 2.94. The Hall–Kier alpha value is -2.75. The van der Waals surface area contributed by atoms with Crippen molar-refractivity contribution in [2.75, 3.05) is 25.0 Å². The van der Waals surface area contributed by atoms with E-state index in [4.69, 9.17) is 10.00 Å². The third-order valence-corrected chi connectivity index (χ3v) is 5.23. The predicted octanol–water partition coefficient (Wildman–Crippen LogP) is 2.68. The fraction of sp³-hybridized carbons (Fsp3) is 0.500. The minimum atomic E-state index is -0.813. The van der Waals surface area contributed by atoms with E-state index in [0.29, 0.717) is 36.6 Å². The van der Waals surface area contributed by atoms with E-state index >= 15 is 0 Å². The number of hydrogen-bond acceptors (Lipinski definition) is 4. The third-order valence-electron chi connectivity index (χ3n) is 5.23. The summed E-state index contributed by atoms with van der Waals surface area (Å²) in [4.78, 5) is 26.0. The first-order chi connectivity index (χ1) is 12.0. The number of carboxylic acid groups (broad SMARTS) is 1. The molecule has 1 aliphatic heterocycles. The van der Waals surface area contributed by atoms with Crippen LogP contribution >= 0.6 is 0 Å². The molecule has 7 nitrogen and oxygen atoms in total. The average molecular weight is 343 g/mol. The van der Waals surface area contributed by atoms with Crippen LogP contribution in [0, 0.1) is 22.7 Å². The number of fused-ring (bicyclic) bond motifs is 1. The molecule has 2 amide bonds. The molecule has 25 heavy (non-hydrogen) atoms. The van der Waals surface area contributed by atoms with E-state index in [9.17, 15) is 14.7 Å². The zero-order valence-electron chi connectivity index (χ0n) is 14.1. The summed E-state index contributed by atoms with van der Waals surface area (Å²) >= 11 is 0. The smallest absolute Gasteiger partial charge is 0.321 e. The molecule has 132 valence electrons. The maximum atomic E-state index is 12.7. The van der Waals surface area contributed by atoms with Gasteiger partial charge in [0.15, 0.2) is 0 Å². The van der Waals surface area contributed by atoms with Gasteiger partial charge in [-0.2, -0.15) is 5.26 Å². The molecule has 2 aliphatic rings. The third kappa shape index (κ3) is 3.00. The molecule has 0 spiro atoms. The maximum absolute atomic E-state index is 12.7. The number of benzene rings is 1. The minimum Gasteiger partial charge on any atom is -0.492 e. The fourth-order valence-electron chi connectivity index (χ4n) is 3.97. The number of urea groups is 1.